The first-order chi connectivity index (χ1) is 20.1. The first kappa shape index (κ1) is 30.9. The first-order valence-electron chi connectivity index (χ1n) is 14.1. The maximum atomic E-state index is 14.1. The number of aryl methyl sites for hydroxylation is 1. The molecule has 10 heteroatoms. The van der Waals surface area contributed by atoms with Crippen molar-refractivity contribution in [1.29, 1.82) is 0 Å². The first-order valence-corrected chi connectivity index (χ1v) is 15.5. The third kappa shape index (κ3) is 7.42. The Labute approximate surface area is 248 Å². The maximum Gasteiger partial charge on any atom is 0.264 e. The van der Waals surface area contributed by atoms with Crippen LogP contribution in [0.1, 0.15) is 43.7 Å². The number of benzene rings is 3. The number of nitrogens with zero attached hydrogens (tertiary/aromatic N) is 2. The highest BCUT2D eigenvalue weighted by molar-refractivity contribution is 7.92. The maximum absolute atomic E-state index is 14.1. The van der Waals surface area contributed by atoms with E-state index >= 15 is 0 Å². The molecule has 1 saturated carbocycles. The molecular formula is C32H39N3O6S. The molecule has 1 N–H and O–H groups in total. The Balaban J connectivity index is 1.67. The molecule has 0 heterocycles. The van der Waals surface area contributed by atoms with Crippen molar-refractivity contribution in [2.24, 2.45) is 0 Å². The van der Waals surface area contributed by atoms with Crippen LogP contribution in [0.4, 0.5) is 5.69 Å². The summed E-state index contributed by atoms with van der Waals surface area (Å²) in [7, 11) is -1.08. The minimum Gasteiger partial charge on any atom is -0.497 e. The summed E-state index contributed by atoms with van der Waals surface area (Å²) in [6.45, 7) is 3.21. The van der Waals surface area contributed by atoms with Crippen LogP contribution in [0.3, 0.4) is 0 Å². The van der Waals surface area contributed by atoms with Crippen LogP contribution in [0.2, 0.25) is 0 Å². The summed E-state index contributed by atoms with van der Waals surface area (Å²) in [5, 5.41) is 3.08. The molecule has 2 amide bonds. The van der Waals surface area contributed by atoms with E-state index in [0.29, 0.717) is 17.2 Å². The Hall–Kier alpha value is -4.05. The van der Waals surface area contributed by atoms with Gasteiger partial charge in [-0.25, -0.2) is 8.42 Å². The van der Waals surface area contributed by atoms with Gasteiger partial charge in [0.2, 0.25) is 11.8 Å². The summed E-state index contributed by atoms with van der Waals surface area (Å²) >= 11 is 0. The molecule has 1 aliphatic carbocycles. The Bertz CT molecular complexity index is 1450. The number of nitrogens with one attached hydrogen (secondary N) is 1. The summed E-state index contributed by atoms with van der Waals surface area (Å²) in [5.74, 6) is 0.417. The standard InChI is InChI=1S/C32H39N3O6S/c1-23-9-13-27(14-10-23)35(42(38,39)30-19-17-29(41-4)18-20-30)22-31(36)34(21-25-11-15-28(40-3)16-12-25)24(2)32(37)33-26-7-5-6-8-26/h9-20,24,26H,5-8,21-22H2,1-4H3,(H,33,37)/t24-/m1/s1. The quantitative estimate of drug-likeness (QED) is 0.327. The lowest BCUT2D eigenvalue weighted by molar-refractivity contribution is -0.139. The second-order valence-electron chi connectivity index (χ2n) is 10.6. The molecule has 0 spiro atoms. The van der Waals surface area contributed by atoms with Gasteiger partial charge in [0.05, 0.1) is 24.8 Å². The Kier molecular flexibility index (Phi) is 10.1. The number of hydrogen-bond donors (Lipinski definition) is 1. The number of rotatable bonds is 12. The molecule has 0 bridgehead atoms. The van der Waals surface area contributed by atoms with Gasteiger partial charge in [-0.3, -0.25) is 13.9 Å². The van der Waals surface area contributed by atoms with E-state index in [-0.39, 0.29) is 23.4 Å². The monoisotopic (exact) mass is 593 g/mol. The fraction of sp³-hybridized carbons (Fsp3) is 0.375. The second-order valence-corrected chi connectivity index (χ2v) is 12.4. The topological polar surface area (TPSA) is 105 Å². The minimum absolute atomic E-state index is 0.0189. The summed E-state index contributed by atoms with van der Waals surface area (Å²) in [6.07, 6.45) is 3.93. The molecule has 3 aromatic carbocycles. The van der Waals surface area contributed by atoms with E-state index in [1.165, 1.54) is 24.1 Å². The van der Waals surface area contributed by atoms with Crippen molar-refractivity contribution in [3.8, 4) is 11.5 Å². The highest BCUT2D eigenvalue weighted by Gasteiger charge is 2.33. The average Bonchev–Trinajstić information content (AvgIpc) is 3.52. The van der Waals surface area contributed by atoms with Crippen LogP contribution < -0.4 is 19.1 Å². The summed E-state index contributed by atoms with van der Waals surface area (Å²) < 4.78 is 39.5. The lowest BCUT2D eigenvalue weighted by Gasteiger charge is -2.32. The van der Waals surface area contributed by atoms with E-state index in [0.717, 1.165) is 41.1 Å². The molecule has 1 aliphatic rings. The largest absolute Gasteiger partial charge is 0.497 e. The highest BCUT2D eigenvalue weighted by atomic mass is 32.2. The van der Waals surface area contributed by atoms with E-state index in [1.807, 2.05) is 19.1 Å². The van der Waals surface area contributed by atoms with Gasteiger partial charge in [-0.1, -0.05) is 42.7 Å². The fourth-order valence-corrected chi connectivity index (χ4v) is 6.43. The smallest absolute Gasteiger partial charge is 0.264 e. The van der Waals surface area contributed by atoms with Gasteiger partial charge < -0.3 is 19.7 Å². The van der Waals surface area contributed by atoms with Crippen LogP contribution >= 0.6 is 0 Å². The van der Waals surface area contributed by atoms with E-state index in [2.05, 4.69) is 5.32 Å². The highest BCUT2D eigenvalue weighted by Crippen LogP contribution is 2.27. The number of sulfonamides is 1. The zero-order chi connectivity index (χ0) is 30.3. The van der Waals surface area contributed by atoms with Crippen molar-refractivity contribution in [2.75, 3.05) is 25.1 Å². The lowest BCUT2D eigenvalue weighted by atomic mass is 10.1. The van der Waals surface area contributed by atoms with Crippen LogP contribution in [0.5, 0.6) is 11.5 Å². The molecule has 42 heavy (non-hydrogen) atoms. The third-order valence-corrected chi connectivity index (χ3v) is 9.42. The fourth-order valence-electron chi connectivity index (χ4n) is 5.02. The van der Waals surface area contributed by atoms with Crippen molar-refractivity contribution >= 4 is 27.5 Å². The Morgan fingerprint density at radius 3 is 1.98 bits per heavy atom. The van der Waals surface area contributed by atoms with E-state index < -0.39 is 28.5 Å². The molecule has 0 aliphatic heterocycles. The summed E-state index contributed by atoms with van der Waals surface area (Å²) in [5.41, 5.74) is 2.08. The third-order valence-electron chi connectivity index (χ3n) is 7.63. The number of anilines is 1. The van der Waals surface area contributed by atoms with Crippen LogP contribution in [0, 0.1) is 6.92 Å². The summed E-state index contributed by atoms with van der Waals surface area (Å²) in [6, 6.07) is 19.4. The molecule has 3 aromatic rings. The Morgan fingerprint density at radius 1 is 0.881 bits per heavy atom. The van der Waals surface area contributed by atoms with Gasteiger partial charge in [0.15, 0.2) is 0 Å². The number of methoxy groups -OCH3 is 2. The lowest BCUT2D eigenvalue weighted by Crippen LogP contribution is -2.52. The molecule has 0 unspecified atom stereocenters. The predicted molar refractivity (Wildman–Crippen MR) is 162 cm³/mol. The van der Waals surface area contributed by atoms with Crippen LogP contribution in [0.25, 0.3) is 0 Å². The van der Waals surface area contributed by atoms with Crippen molar-refractivity contribution in [1.82, 2.24) is 10.2 Å². The number of ether oxygens (including phenoxy) is 2. The van der Waals surface area contributed by atoms with Gasteiger partial charge in [0.25, 0.3) is 10.0 Å². The molecule has 9 nitrogen and oxygen atoms in total. The zero-order valence-electron chi connectivity index (χ0n) is 24.6. The van der Waals surface area contributed by atoms with Gasteiger partial charge >= 0.3 is 0 Å². The average molecular weight is 594 g/mol. The van der Waals surface area contributed by atoms with Gasteiger partial charge in [0.1, 0.15) is 24.1 Å². The molecule has 1 fully saturated rings. The van der Waals surface area contributed by atoms with Gasteiger partial charge in [0, 0.05) is 12.6 Å². The number of carbonyl (C=O) groups excluding carboxylic acids is 2. The molecular weight excluding hydrogens is 554 g/mol. The van der Waals surface area contributed by atoms with Crippen molar-refractivity contribution < 1.29 is 27.5 Å². The van der Waals surface area contributed by atoms with E-state index in [4.69, 9.17) is 9.47 Å². The van der Waals surface area contributed by atoms with Crippen molar-refractivity contribution in [2.45, 2.75) is 63.1 Å². The van der Waals surface area contributed by atoms with Gasteiger partial charge in [-0.05, 0) is 80.8 Å². The van der Waals surface area contributed by atoms with Crippen LogP contribution in [-0.2, 0) is 26.2 Å². The van der Waals surface area contributed by atoms with Crippen LogP contribution in [-0.4, -0.2) is 58.0 Å². The molecule has 4 rings (SSSR count). The second kappa shape index (κ2) is 13.7. The van der Waals surface area contributed by atoms with Gasteiger partial charge in [-0.15, -0.1) is 0 Å². The molecule has 0 radical (unpaired) electrons. The number of hydrogen-bond acceptors (Lipinski definition) is 6. The Morgan fingerprint density at radius 2 is 1.43 bits per heavy atom. The van der Waals surface area contributed by atoms with E-state index in [9.17, 15) is 18.0 Å². The minimum atomic E-state index is -4.15. The predicted octanol–water partition coefficient (Wildman–Crippen LogP) is 4.68. The van der Waals surface area contributed by atoms with Crippen LogP contribution in [0.15, 0.2) is 77.7 Å². The molecule has 0 saturated heterocycles. The van der Waals surface area contributed by atoms with E-state index in [1.54, 1.807) is 62.6 Å². The normalized spacial score (nSPS) is 14.2. The summed E-state index contributed by atoms with van der Waals surface area (Å²) in [4.78, 5) is 28.9. The van der Waals surface area contributed by atoms with Crippen molar-refractivity contribution in [3.63, 3.8) is 0 Å². The molecule has 0 aromatic heterocycles. The molecule has 1 atom stereocenters. The zero-order valence-corrected chi connectivity index (χ0v) is 25.4. The van der Waals surface area contributed by atoms with Gasteiger partial charge in [-0.2, -0.15) is 0 Å². The SMILES string of the molecule is COc1ccc(CN(C(=O)CN(c2ccc(C)cc2)S(=O)(=O)c2ccc(OC)cc2)[C@H](C)C(=O)NC2CCCC2)cc1. The van der Waals surface area contributed by atoms with Crippen molar-refractivity contribution in [3.05, 3.63) is 83.9 Å². The molecule has 224 valence electrons. The number of carbonyl (C=O) groups is 2. The number of amides is 2.